The van der Waals surface area contributed by atoms with Gasteiger partial charge in [0.2, 0.25) is 0 Å². The summed E-state index contributed by atoms with van der Waals surface area (Å²) < 4.78 is 1.55. The van der Waals surface area contributed by atoms with E-state index < -0.39 is 0 Å². The van der Waals surface area contributed by atoms with Crippen molar-refractivity contribution in [3.63, 3.8) is 0 Å². The molecular formula is C20H29N7O. The van der Waals surface area contributed by atoms with Crippen LogP contribution in [0.2, 0.25) is 0 Å². The van der Waals surface area contributed by atoms with Crippen LogP contribution in [0.15, 0.2) is 52.5 Å². The number of hydrogen-bond donors (Lipinski definition) is 4. The van der Waals surface area contributed by atoms with Crippen LogP contribution in [-0.2, 0) is 0 Å². The number of guanidine groups is 1. The summed E-state index contributed by atoms with van der Waals surface area (Å²) in [5.41, 5.74) is 12.8. The number of aromatic amines is 1. The van der Waals surface area contributed by atoms with Crippen LogP contribution in [0.5, 0.6) is 0 Å². The maximum Gasteiger partial charge on any atom is 0.354 e. The largest absolute Gasteiger partial charge is 0.370 e. The number of fused-ring (bicyclic) bond motifs is 1. The van der Waals surface area contributed by atoms with Gasteiger partial charge in [-0.2, -0.15) is 4.98 Å². The number of nitrogens with one attached hydrogen (secondary N) is 2. The molecule has 0 unspecified atom stereocenters. The fraction of sp³-hybridized carbons (Fsp3) is 0.350. The average molecular weight is 384 g/mol. The Morgan fingerprint density at radius 3 is 2.64 bits per heavy atom. The number of rotatable bonds is 7. The van der Waals surface area contributed by atoms with Crippen molar-refractivity contribution < 1.29 is 0 Å². The van der Waals surface area contributed by atoms with Crippen LogP contribution in [0.1, 0.15) is 38.8 Å². The molecular weight excluding hydrogens is 354 g/mol. The zero-order valence-electron chi connectivity index (χ0n) is 16.6. The van der Waals surface area contributed by atoms with Gasteiger partial charge >= 0.3 is 5.69 Å². The summed E-state index contributed by atoms with van der Waals surface area (Å²) in [6.45, 7) is 7.51. The van der Waals surface area contributed by atoms with E-state index in [0.29, 0.717) is 12.2 Å². The van der Waals surface area contributed by atoms with Crippen molar-refractivity contribution in [3.8, 4) is 5.69 Å². The van der Waals surface area contributed by atoms with Crippen LogP contribution in [0, 0.1) is 0 Å². The summed E-state index contributed by atoms with van der Waals surface area (Å²) >= 11 is 0. The van der Waals surface area contributed by atoms with Gasteiger partial charge in [0.15, 0.2) is 5.96 Å². The van der Waals surface area contributed by atoms with Crippen molar-refractivity contribution in [2.24, 2.45) is 16.5 Å². The number of nitrogens with two attached hydrogens (primary N) is 2. The molecule has 0 amide bonds. The molecule has 0 saturated heterocycles. The molecule has 28 heavy (non-hydrogen) atoms. The lowest BCUT2D eigenvalue weighted by molar-refractivity contribution is 0.562. The van der Waals surface area contributed by atoms with E-state index in [4.69, 9.17) is 11.5 Å². The minimum absolute atomic E-state index is 0.121. The van der Waals surface area contributed by atoms with E-state index in [9.17, 15) is 4.79 Å². The van der Waals surface area contributed by atoms with E-state index in [1.165, 1.54) is 0 Å². The van der Waals surface area contributed by atoms with Gasteiger partial charge in [0, 0.05) is 30.4 Å². The maximum absolute atomic E-state index is 12.2. The van der Waals surface area contributed by atoms with Gasteiger partial charge in [-0.05, 0) is 43.7 Å². The van der Waals surface area contributed by atoms with Crippen LogP contribution >= 0.6 is 0 Å². The first-order chi connectivity index (χ1) is 13.5. The molecule has 0 aliphatic carbocycles. The summed E-state index contributed by atoms with van der Waals surface area (Å²) in [5.74, 6) is 0.121. The molecule has 0 aliphatic rings. The molecule has 0 aliphatic heterocycles. The van der Waals surface area contributed by atoms with Crippen LogP contribution in [-0.4, -0.2) is 33.6 Å². The number of hydrogen-bond acceptors (Lipinski definition) is 4. The first kappa shape index (κ1) is 21.2. The second kappa shape index (κ2) is 10.3. The van der Waals surface area contributed by atoms with E-state index >= 15 is 0 Å². The Bertz CT molecular complexity index is 953. The van der Waals surface area contributed by atoms with Gasteiger partial charge < -0.3 is 21.8 Å². The van der Waals surface area contributed by atoms with E-state index in [0.717, 1.165) is 29.6 Å². The number of H-pyrrole nitrogens is 1. The maximum atomic E-state index is 12.2. The predicted octanol–water partition coefficient (Wildman–Crippen LogP) is 2.05. The molecule has 2 heterocycles. The highest BCUT2D eigenvalue weighted by atomic mass is 16.1. The van der Waals surface area contributed by atoms with Gasteiger partial charge in [-0.1, -0.05) is 26.0 Å². The molecule has 1 atom stereocenters. The molecule has 2 aromatic heterocycles. The lowest BCUT2D eigenvalue weighted by atomic mass is 10.1. The third kappa shape index (κ3) is 5.43. The van der Waals surface area contributed by atoms with Gasteiger partial charge in [-0.25, -0.2) is 4.79 Å². The van der Waals surface area contributed by atoms with Gasteiger partial charge in [-0.15, -0.1) is 0 Å². The highest BCUT2D eigenvalue weighted by Gasteiger charge is 2.07. The minimum Gasteiger partial charge on any atom is -0.370 e. The van der Waals surface area contributed by atoms with E-state index in [1.807, 2.05) is 44.2 Å². The Morgan fingerprint density at radius 1 is 1.25 bits per heavy atom. The Hall–Kier alpha value is -3.13. The number of aliphatic imine (C=N–C) groups is 1. The quantitative estimate of drug-likeness (QED) is 0.282. The number of aromatic nitrogens is 3. The second-order valence-corrected chi connectivity index (χ2v) is 6.10. The van der Waals surface area contributed by atoms with Crippen LogP contribution in [0.4, 0.5) is 0 Å². The molecule has 0 radical (unpaired) electrons. The number of nitrogens with zero attached hydrogens (tertiary/aromatic N) is 3. The van der Waals surface area contributed by atoms with Gasteiger partial charge in [-0.3, -0.25) is 9.56 Å². The molecule has 3 rings (SSSR count). The SMILES string of the molecule is CC.C[C@H](NCCCN=C(N)N)c1ccc(-n2cc3cc[nH]c3nc2=O)cc1. The van der Waals surface area contributed by atoms with Crippen LogP contribution in [0.3, 0.4) is 0 Å². The fourth-order valence-electron chi connectivity index (χ4n) is 2.75. The highest BCUT2D eigenvalue weighted by molar-refractivity contribution is 5.75. The summed E-state index contributed by atoms with van der Waals surface area (Å²) in [5, 5.41) is 4.32. The highest BCUT2D eigenvalue weighted by Crippen LogP contribution is 2.16. The van der Waals surface area contributed by atoms with Crippen molar-refractivity contribution in [2.45, 2.75) is 33.2 Å². The minimum atomic E-state index is -0.307. The van der Waals surface area contributed by atoms with E-state index in [-0.39, 0.29) is 17.7 Å². The Morgan fingerprint density at radius 2 is 1.96 bits per heavy atom. The molecule has 8 heteroatoms. The Kier molecular flexibility index (Phi) is 7.76. The fourth-order valence-corrected chi connectivity index (χ4v) is 2.75. The second-order valence-electron chi connectivity index (χ2n) is 6.10. The molecule has 1 aromatic carbocycles. The van der Waals surface area contributed by atoms with Crippen molar-refractivity contribution in [3.05, 3.63) is 58.8 Å². The first-order valence-corrected chi connectivity index (χ1v) is 9.50. The van der Waals surface area contributed by atoms with Crippen LogP contribution in [0.25, 0.3) is 16.7 Å². The number of benzene rings is 1. The first-order valence-electron chi connectivity index (χ1n) is 9.50. The zero-order valence-corrected chi connectivity index (χ0v) is 16.6. The topological polar surface area (TPSA) is 127 Å². The molecule has 0 spiro atoms. The lowest BCUT2D eigenvalue weighted by Gasteiger charge is -2.15. The van der Waals surface area contributed by atoms with Crippen molar-refractivity contribution in [1.29, 1.82) is 0 Å². The van der Waals surface area contributed by atoms with Crippen molar-refractivity contribution in [1.82, 2.24) is 19.9 Å². The van der Waals surface area contributed by atoms with Crippen LogP contribution < -0.4 is 22.5 Å². The third-order valence-corrected chi connectivity index (χ3v) is 4.19. The average Bonchev–Trinajstić information content (AvgIpc) is 3.15. The molecule has 0 saturated carbocycles. The lowest BCUT2D eigenvalue weighted by Crippen LogP contribution is -2.24. The predicted molar refractivity (Wildman–Crippen MR) is 115 cm³/mol. The zero-order chi connectivity index (χ0) is 20.5. The Balaban J connectivity index is 0.00000136. The van der Waals surface area contributed by atoms with Gasteiger partial charge in [0.1, 0.15) is 5.65 Å². The standard InChI is InChI=1S/C18H23N7O.C2H6/c1-12(21-8-2-9-23-17(19)20)13-3-5-15(6-4-13)25-11-14-7-10-22-16(14)24-18(25)26;1-2/h3-7,10-12,21H,2,8-9H2,1H3,(H4,19,20,23)(H,22,24,26);1-2H3/t12-;/m0./s1. The summed E-state index contributed by atoms with van der Waals surface area (Å²) in [7, 11) is 0. The van der Waals surface area contributed by atoms with Gasteiger partial charge in [0.25, 0.3) is 0 Å². The Labute approximate surface area is 164 Å². The molecule has 8 nitrogen and oxygen atoms in total. The molecule has 6 N–H and O–H groups in total. The monoisotopic (exact) mass is 383 g/mol. The third-order valence-electron chi connectivity index (χ3n) is 4.19. The normalized spacial score (nSPS) is 11.5. The van der Waals surface area contributed by atoms with E-state index in [1.54, 1.807) is 17.0 Å². The summed E-state index contributed by atoms with van der Waals surface area (Å²) in [4.78, 5) is 23.1. The van der Waals surface area contributed by atoms with E-state index in [2.05, 4.69) is 27.2 Å². The van der Waals surface area contributed by atoms with Crippen molar-refractivity contribution >= 4 is 17.0 Å². The van der Waals surface area contributed by atoms with Gasteiger partial charge in [0.05, 0.1) is 5.69 Å². The summed E-state index contributed by atoms with van der Waals surface area (Å²) in [6.07, 6.45) is 4.42. The van der Waals surface area contributed by atoms with Crippen molar-refractivity contribution in [2.75, 3.05) is 13.1 Å². The molecule has 0 fully saturated rings. The molecule has 0 bridgehead atoms. The molecule has 150 valence electrons. The summed E-state index contributed by atoms with van der Waals surface area (Å²) in [6, 6.07) is 9.95. The molecule has 3 aromatic rings. The smallest absolute Gasteiger partial charge is 0.354 e.